The van der Waals surface area contributed by atoms with Crippen molar-refractivity contribution in [1.29, 1.82) is 0 Å². The van der Waals surface area contributed by atoms with Crippen molar-refractivity contribution in [3.63, 3.8) is 0 Å². The zero-order valence-corrected chi connectivity index (χ0v) is 19.7. The third-order valence-corrected chi connectivity index (χ3v) is 5.91. The maximum absolute atomic E-state index is 11.1. The van der Waals surface area contributed by atoms with Gasteiger partial charge in [0.15, 0.2) is 0 Å². The van der Waals surface area contributed by atoms with Crippen LogP contribution in [0.5, 0.6) is 0 Å². The van der Waals surface area contributed by atoms with Gasteiger partial charge in [0.25, 0.3) is 0 Å². The molecule has 0 bridgehead atoms. The minimum absolute atomic E-state index is 0.276. The second-order valence-corrected chi connectivity index (χ2v) is 8.10. The number of carbonyl (C=O) groups excluding carboxylic acids is 1. The fourth-order valence-corrected chi connectivity index (χ4v) is 3.79. The minimum atomic E-state index is 0.276. The van der Waals surface area contributed by atoms with Crippen LogP contribution < -0.4 is 0 Å². The standard InChI is InChI=1S/C21H18O.C6H14.C2H6/c1-14(22)4-2-5-15-12-18-10-8-16-6-3-7-17-9-11-19(13-15)21(18)20(16)17;1-4-6(3)5-2;1-2/h3,6-13H,2,4-5H2,1H3;6H,4-5H2,1-3H3;1-2H3. The fraction of sp³-hybridized carbons (Fsp3) is 0.414. The van der Waals surface area contributed by atoms with Crippen molar-refractivity contribution in [1.82, 2.24) is 0 Å². The highest BCUT2D eigenvalue weighted by molar-refractivity contribution is 6.23. The highest BCUT2D eigenvalue weighted by Crippen LogP contribution is 2.35. The lowest BCUT2D eigenvalue weighted by Gasteiger charge is -2.12. The second kappa shape index (κ2) is 11.7. The molecule has 0 aromatic heterocycles. The molecular weight excluding hydrogens is 364 g/mol. The number of ketones is 1. The lowest BCUT2D eigenvalue weighted by atomic mass is 9.92. The number of rotatable bonds is 6. The Hall–Kier alpha value is -2.41. The van der Waals surface area contributed by atoms with Crippen LogP contribution >= 0.6 is 0 Å². The first-order valence-electron chi connectivity index (χ1n) is 11.7. The van der Waals surface area contributed by atoms with E-state index >= 15 is 0 Å². The molecule has 0 N–H and O–H groups in total. The van der Waals surface area contributed by atoms with Gasteiger partial charge in [0.2, 0.25) is 0 Å². The second-order valence-electron chi connectivity index (χ2n) is 8.10. The third-order valence-electron chi connectivity index (χ3n) is 5.91. The van der Waals surface area contributed by atoms with Gasteiger partial charge >= 0.3 is 0 Å². The predicted octanol–water partition coefficient (Wildman–Crippen LogP) is 8.96. The van der Waals surface area contributed by atoms with Crippen molar-refractivity contribution in [2.24, 2.45) is 5.92 Å². The molecule has 0 aliphatic heterocycles. The summed E-state index contributed by atoms with van der Waals surface area (Å²) in [7, 11) is 0. The molecule has 0 aliphatic rings. The molecule has 160 valence electrons. The monoisotopic (exact) mass is 402 g/mol. The highest BCUT2D eigenvalue weighted by atomic mass is 16.1. The maximum atomic E-state index is 11.1. The normalized spacial score (nSPS) is 10.8. The smallest absolute Gasteiger partial charge is 0.129 e. The summed E-state index contributed by atoms with van der Waals surface area (Å²) >= 11 is 0. The van der Waals surface area contributed by atoms with E-state index < -0.39 is 0 Å². The Bertz CT molecular complexity index is 992. The average Bonchev–Trinajstić information content (AvgIpc) is 2.78. The van der Waals surface area contributed by atoms with Crippen molar-refractivity contribution < 1.29 is 4.79 Å². The van der Waals surface area contributed by atoms with E-state index in [1.807, 2.05) is 13.8 Å². The van der Waals surface area contributed by atoms with Gasteiger partial charge in [-0.15, -0.1) is 0 Å². The number of benzene rings is 4. The van der Waals surface area contributed by atoms with Gasteiger partial charge in [-0.05, 0) is 63.6 Å². The Morgan fingerprint density at radius 2 is 1.27 bits per heavy atom. The first-order valence-corrected chi connectivity index (χ1v) is 11.7. The first kappa shape index (κ1) is 23.9. The van der Waals surface area contributed by atoms with Crippen LogP contribution in [0.2, 0.25) is 0 Å². The summed E-state index contributed by atoms with van der Waals surface area (Å²) in [4.78, 5) is 11.1. The van der Waals surface area contributed by atoms with Crippen molar-refractivity contribution >= 4 is 38.1 Å². The van der Waals surface area contributed by atoms with Crippen molar-refractivity contribution in [2.75, 3.05) is 0 Å². The maximum Gasteiger partial charge on any atom is 0.129 e. The number of carbonyl (C=O) groups is 1. The van der Waals surface area contributed by atoms with Crippen molar-refractivity contribution in [3.05, 3.63) is 60.2 Å². The van der Waals surface area contributed by atoms with E-state index in [4.69, 9.17) is 0 Å². The molecule has 0 saturated carbocycles. The summed E-state index contributed by atoms with van der Waals surface area (Å²) in [6.07, 6.45) is 5.23. The number of aryl methyl sites for hydroxylation is 1. The van der Waals surface area contributed by atoms with Gasteiger partial charge < -0.3 is 4.79 Å². The van der Waals surface area contributed by atoms with Crippen LogP contribution in [0.4, 0.5) is 0 Å². The van der Waals surface area contributed by atoms with E-state index in [1.165, 1.54) is 50.7 Å². The molecule has 4 aromatic rings. The number of Topliss-reactive ketones (excluding diaryl/α,β-unsaturated/α-hetero) is 1. The van der Waals surface area contributed by atoms with Crippen LogP contribution in [-0.4, -0.2) is 5.78 Å². The van der Waals surface area contributed by atoms with E-state index in [1.54, 1.807) is 6.92 Å². The van der Waals surface area contributed by atoms with Gasteiger partial charge in [0, 0.05) is 6.42 Å². The summed E-state index contributed by atoms with van der Waals surface area (Å²) in [6.45, 7) is 12.4. The van der Waals surface area contributed by atoms with Crippen LogP contribution in [0.3, 0.4) is 0 Å². The molecule has 1 nitrogen and oxygen atoms in total. The molecule has 0 spiro atoms. The van der Waals surface area contributed by atoms with Gasteiger partial charge in [-0.25, -0.2) is 0 Å². The predicted molar refractivity (Wildman–Crippen MR) is 135 cm³/mol. The summed E-state index contributed by atoms with van der Waals surface area (Å²) in [5, 5.41) is 7.96. The Morgan fingerprint density at radius 3 is 1.70 bits per heavy atom. The number of hydrogen-bond acceptors (Lipinski definition) is 1. The summed E-state index contributed by atoms with van der Waals surface area (Å²) in [5.41, 5.74) is 1.33. The molecule has 0 unspecified atom stereocenters. The number of hydrogen-bond donors (Lipinski definition) is 0. The molecule has 0 heterocycles. The van der Waals surface area contributed by atoms with Gasteiger partial charge in [-0.3, -0.25) is 0 Å². The lowest BCUT2D eigenvalue weighted by Crippen LogP contribution is -1.93. The molecule has 0 amide bonds. The molecule has 0 atom stereocenters. The Morgan fingerprint density at radius 1 is 0.800 bits per heavy atom. The average molecular weight is 403 g/mol. The highest BCUT2D eigenvalue weighted by Gasteiger charge is 2.09. The van der Waals surface area contributed by atoms with Crippen LogP contribution in [0, 0.1) is 5.92 Å². The summed E-state index contributed by atoms with van der Waals surface area (Å²) in [5.74, 6) is 1.21. The molecule has 4 aromatic carbocycles. The summed E-state index contributed by atoms with van der Waals surface area (Å²) < 4.78 is 0. The van der Waals surface area contributed by atoms with Crippen LogP contribution in [0.15, 0.2) is 54.6 Å². The van der Waals surface area contributed by atoms with Gasteiger partial charge in [0.1, 0.15) is 5.78 Å². The topological polar surface area (TPSA) is 17.1 Å². The Balaban J connectivity index is 0.000000348. The van der Waals surface area contributed by atoms with E-state index in [-0.39, 0.29) is 5.78 Å². The van der Waals surface area contributed by atoms with Crippen LogP contribution in [-0.2, 0) is 11.2 Å². The Kier molecular flexibility index (Phi) is 9.30. The molecule has 30 heavy (non-hydrogen) atoms. The largest absolute Gasteiger partial charge is 0.300 e. The van der Waals surface area contributed by atoms with Crippen LogP contribution in [0.1, 0.15) is 72.8 Å². The van der Waals surface area contributed by atoms with E-state index in [0.717, 1.165) is 18.8 Å². The zero-order chi connectivity index (χ0) is 22.1. The molecular formula is C29H38O. The summed E-state index contributed by atoms with van der Waals surface area (Å²) in [6, 6.07) is 19.9. The van der Waals surface area contributed by atoms with E-state index in [0.29, 0.717) is 6.42 Å². The lowest BCUT2D eigenvalue weighted by molar-refractivity contribution is -0.117. The molecule has 0 aliphatic carbocycles. The fourth-order valence-electron chi connectivity index (χ4n) is 3.79. The Labute approximate surface area is 182 Å². The van der Waals surface area contributed by atoms with E-state index in [2.05, 4.69) is 75.4 Å². The van der Waals surface area contributed by atoms with Crippen LogP contribution in [0.25, 0.3) is 32.3 Å². The van der Waals surface area contributed by atoms with Gasteiger partial charge in [-0.2, -0.15) is 0 Å². The van der Waals surface area contributed by atoms with Crippen molar-refractivity contribution in [3.8, 4) is 0 Å². The molecule has 4 rings (SSSR count). The zero-order valence-electron chi connectivity index (χ0n) is 19.7. The molecule has 0 radical (unpaired) electrons. The van der Waals surface area contributed by atoms with Crippen molar-refractivity contribution in [2.45, 2.75) is 73.6 Å². The molecule has 0 fully saturated rings. The molecule has 0 saturated heterocycles. The SMILES string of the molecule is CC.CC(=O)CCCc1cc2ccc3cccc4ccc(c1)c2c34.CCC(C)CC. The van der Waals surface area contributed by atoms with Gasteiger partial charge in [-0.1, -0.05) is 102 Å². The van der Waals surface area contributed by atoms with E-state index in [9.17, 15) is 4.79 Å². The minimum Gasteiger partial charge on any atom is -0.300 e. The quantitative estimate of drug-likeness (QED) is 0.294. The van der Waals surface area contributed by atoms with Gasteiger partial charge in [0.05, 0.1) is 0 Å². The molecule has 1 heteroatoms. The third kappa shape index (κ3) is 5.81. The first-order chi connectivity index (χ1) is 14.5.